The van der Waals surface area contributed by atoms with Crippen LogP contribution in [0.25, 0.3) is 0 Å². The van der Waals surface area contributed by atoms with Crippen molar-refractivity contribution in [1.29, 1.82) is 0 Å². The highest BCUT2D eigenvalue weighted by Gasteiger charge is 2.16. The van der Waals surface area contributed by atoms with Crippen LogP contribution in [0, 0.1) is 0 Å². The fraction of sp³-hybridized carbons (Fsp3) is 0.389. The largest absolute Gasteiger partial charge is 0.349 e. The van der Waals surface area contributed by atoms with E-state index in [9.17, 15) is 9.59 Å². The number of likely N-dealkylation sites (tertiary alicyclic amines) is 1. The minimum atomic E-state index is -0.232. The Morgan fingerprint density at radius 2 is 1.84 bits per heavy atom. The molecule has 7 heteroatoms. The Balaban J connectivity index is 1.55. The summed E-state index contributed by atoms with van der Waals surface area (Å²) in [6.45, 7) is 3.67. The molecule has 0 atom stereocenters. The molecular formula is C18H23N5O2. The summed E-state index contributed by atoms with van der Waals surface area (Å²) in [5, 5.41) is 9.84. The Labute approximate surface area is 147 Å². The van der Waals surface area contributed by atoms with Crippen molar-refractivity contribution < 1.29 is 9.59 Å². The molecule has 1 aromatic carbocycles. The normalized spacial score (nSPS) is 14.4. The van der Waals surface area contributed by atoms with E-state index in [0.29, 0.717) is 23.6 Å². The third-order valence-electron chi connectivity index (χ3n) is 4.30. The summed E-state index contributed by atoms with van der Waals surface area (Å²) in [7, 11) is 1.70. The van der Waals surface area contributed by atoms with E-state index in [0.717, 1.165) is 19.6 Å². The van der Waals surface area contributed by atoms with Crippen LogP contribution >= 0.6 is 0 Å². The van der Waals surface area contributed by atoms with Crippen LogP contribution in [0.3, 0.4) is 0 Å². The summed E-state index contributed by atoms with van der Waals surface area (Å²) in [4.78, 5) is 26.8. The lowest BCUT2D eigenvalue weighted by Crippen LogP contribution is -2.33. The number of carbonyl (C=O) groups is 2. The summed E-state index contributed by atoms with van der Waals surface area (Å²) < 4.78 is 1.50. The molecular weight excluding hydrogens is 318 g/mol. The Morgan fingerprint density at radius 1 is 1.12 bits per heavy atom. The summed E-state index contributed by atoms with van der Waals surface area (Å²) in [5.41, 5.74) is 0.854. The number of hydrogen-bond acceptors (Lipinski definition) is 4. The van der Waals surface area contributed by atoms with Crippen LogP contribution in [0.4, 0.5) is 5.82 Å². The Morgan fingerprint density at radius 3 is 2.56 bits per heavy atom. The first-order valence-electron chi connectivity index (χ1n) is 8.54. The SMILES string of the molecule is Cn1nc(C(=O)NCCN2CCCC2)cc1NC(=O)c1ccccc1. The third-order valence-corrected chi connectivity index (χ3v) is 4.30. The maximum atomic E-state index is 12.2. The lowest BCUT2D eigenvalue weighted by atomic mass is 10.2. The van der Waals surface area contributed by atoms with E-state index in [2.05, 4.69) is 20.6 Å². The van der Waals surface area contributed by atoms with Gasteiger partial charge in [0.05, 0.1) is 0 Å². The van der Waals surface area contributed by atoms with Crippen molar-refractivity contribution >= 4 is 17.6 Å². The van der Waals surface area contributed by atoms with Crippen molar-refractivity contribution in [3.05, 3.63) is 47.7 Å². The average molecular weight is 341 g/mol. The number of benzene rings is 1. The van der Waals surface area contributed by atoms with E-state index in [1.54, 1.807) is 37.4 Å². The van der Waals surface area contributed by atoms with Crippen molar-refractivity contribution in [2.24, 2.45) is 7.05 Å². The lowest BCUT2D eigenvalue weighted by molar-refractivity contribution is 0.0943. The zero-order valence-corrected chi connectivity index (χ0v) is 14.4. The molecule has 2 amide bonds. The molecule has 1 aliphatic rings. The summed E-state index contributed by atoms with van der Waals surface area (Å²) in [6, 6.07) is 10.5. The molecule has 7 nitrogen and oxygen atoms in total. The van der Waals surface area contributed by atoms with Gasteiger partial charge in [-0.2, -0.15) is 5.10 Å². The minimum absolute atomic E-state index is 0.227. The fourth-order valence-corrected chi connectivity index (χ4v) is 2.90. The molecule has 0 unspecified atom stereocenters. The van der Waals surface area contributed by atoms with Crippen LogP contribution < -0.4 is 10.6 Å². The molecule has 1 saturated heterocycles. The second-order valence-electron chi connectivity index (χ2n) is 6.16. The number of aryl methyl sites for hydroxylation is 1. The number of anilines is 1. The first-order valence-corrected chi connectivity index (χ1v) is 8.54. The van der Waals surface area contributed by atoms with Crippen molar-refractivity contribution in [1.82, 2.24) is 20.0 Å². The Kier molecular flexibility index (Phi) is 5.45. The van der Waals surface area contributed by atoms with Crippen LogP contribution in [0.15, 0.2) is 36.4 Å². The quantitative estimate of drug-likeness (QED) is 0.834. The lowest BCUT2D eigenvalue weighted by Gasteiger charge is -2.14. The van der Waals surface area contributed by atoms with E-state index in [1.807, 2.05) is 6.07 Å². The molecule has 0 radical (unpaired) electrons. The van der Waals surface area contributed by atoms with Crippen molar-refractivity contribution in [2.75, 3.05) is 31.5 Å². The standard InChI is InChI=1S/C18H23N5O2/c1-22-16(20-17(24)14-7-3-2-4-8-14)13-15(21-22)18(25)19-9-12-23-10-5-6-11-23/h2-4,7-8,13H,5-6,9-12H2,1H3,(H,19,25)(H,20,24). The Bertz CT molecular complexity index is 735. The number of amides is 2. The van der Waals surface area contributed by atoms with Gasteiger partial charge in [0, 0.05) is 31.8 Å². The van der Waals surface area contributed by atoms with Crippen LogP contribution in [0.2, 0.25) is 0 Å². The zero-order chi connectivity index (χ0) is 17.6. The van der Waals surface area contributed by atoms with Gasteiger partial charge < -0.3 is 15.5 Å². The van der Waals surface area contributed by atoms with Gasteiger partial charge in [-0.15, -0.1) is 0 Å². The molecule has 2 N–H and O–H groups in total. The molecule has 2 heterocycles. The van der Waals surface area contributed by atoms with Gasteiger partial charge in [0.15, 0.2) is 5.69 Å². The minimum Gasteiger partial charge on any atom is -0.349 e. The number of nitrogens with zero attached hydrogens (tertiary/aromatic N) is 3. The van der Waals surface area contributed by atoms with E-state index < -0.39 is 0 Å². The topological polar surface area (TPSA) is 79.3 Å². The van der Waals surface area contributed by atoms with Gasteiger partial charge in [-0.05, 0) is 38.1 Å². The smallest absolute Gasteiger partial charge is 0.271 e. The van der Waals surface area contributed by atoms with Gasteiger partial charge in [-0.3, -0.25) is 14.3 Å². The van der Waals surface area contributed by atoms with Crippen molar-refractivity contribution in [3.63, 3.8) is 0 Å². The Hall–Kier alpha value is -2.67. The van der Waals surface area contributed by atoms with Gasteiger partial charge in [0.25, 0.3) is 11.8 Å². The molecule has 25 heavy (non-hydrogen) atoms. The van der Waals surface area contributed by atoms with Crippen LogP contribution in [-0.4, -0.2) is 52.7 Å². The maximum Gasteiger partial charge on any atom is 0.271 e. The second-order valence-corrected chi connectivity index (χ2v) is 6.16. The molecule has 1 aliphatic heterocycles. The molecule has 0 bridgehead atoms. The van der Waals surface area contributed by atoms with E-state index in [1.165, 1.54) is 17.5 Å². The summed E-state index contributed by atoms with van der Waals surface area (Å²) >= 11 is 0. The van der Waals surface area contributed by atoms with E-state index in [-0.39, 0.29) is 11.8 Å². The van der Waals surface area contributed by atoms with Crippen molar-refractivity contribution in [3.8, 4) is 0 Å². The monoisotopic (exact) mass is 341 g/mol. The zero-order valence-electron chi connectivity index (χ0n) is 14.4. The van der Waals surface area contributed by atoms with E-state index in [4.69, 9.17) is 0 Å². The predicted octanol–water partition coefficient (Wildman–Crippen LogP) is 1.50. The van der Waals surface area contributed by atoms with E-state index >= 15 is 0 Å². The average Bonchev–Trinajstić information content (AvgIpc) is 3.26. The number of hydrogen-bond donors (Lipinski definition) is 2. The first-order chi connectivity index (χ1) is 12.1. The third kappa shape index (κ3) is 4.45. The number of nitrogens with one attached hydrogen (secondary N) is 2. The summed E-state index contributed by atoms with van der Waals surface area (Å²) in [5.74, 6) is 0.0261. The number of rotatable bonds is 6. The highest BCUT2D eigenvalue weighted by atomic mass is 16.2. The fourth-order valence-electron chi connectivity index (χ4n) is 2.90. The van der Waals surface area contributed by atoms with Gasteiger partial charge in [0.2, 0.25) is 0 Å². The van der Waals surface area contributed by atoms with Gasteiger partial charge in [-0.25, -0.2) is 0 Å². The van der Waals surface area contributed by atoms with Gasteiger partial charge in [-0.1, -0.05) is 18.2 Å². The molecule has 0 saturated carbocycles. The van der Waals surface area contributed by atoms with Crippen LogP contribution in [0.1, 0.15) is 33.7 Å². The predicted molar refractivity (Wildman–Crippen MR) is 95.6 cm³/mol. The summed E-state index contributed by atoms with van der Waals surface area (Å²) in [6.07, 6.45) is 2.47. The molecule has 0 spiro atoms. The highest BCUT2D eigenvalue weighted by molar-refractivity contribution is 6.04. The molecule has 0 aliphatic carbocycles. The maximum absolute atomic E-state index is 12.2. The van der Waals surface area contributed by atoms with Gasteiger partial charge >= 0.3 is 0 Å². The molecule has 1 aromatic heterocycles. The number of aromatic nitrogens is 2. The number of carbonyl (C=O) groups excluding carboxylic acids is 2. The molecule has 132 valence electrons. The molecule has 1 fully saturated rings. The van der Waals surface area contributed by atoms with Crippen LogP contribution in [-0.2, 0) is 7.05 Å². The first kappa shape index (κ1) is 17.2. The van der Waals surface area contributed by atoms with Crippen molar-refractivity contribution in [2.45, 2.75) is 12.8 Å². The molecule has 2 aromatic rings. The highest BCUT2D eigenvalue weighted by Crippen LogP contribution is 2.11. The second kappa shape index (κ2) is 7.94. The molecule has 3 rings (SSSR count). The van der Waals surface area contributed by atoms with Gasteiger partial charge in [0.1, 0.15) is 5.82 Å². The van der Waals surface area contributed by atoms with Crippen LogP contribution in [0.5, 0.6) is 0 Å².